The molecular formula is C9H19NO6S. The fourth-order valence-corrected chi connectivity index (χ4v) is 1.56. The summed E-state index contributed by atoms with van der Waals surface area (Å²) in [5.74, 6) is -0.534. The first kappa shape index (κ1) is 16.1. The summed E-state index contributed by atoms with van der Waals surface area (Å²) in [6.45, 7) is 4.60. The lowest BCUT2D eigenvalue weighted by atomic mass is 10.2. The van der Waals surface area contributed by atoms with Gasteiger partial charge < -0.3 is 15.2 Å². The SMILES string of the molecule is CC(C)(C)OC(=O)NC(CO)CCS(=O)(=O)O. The van der Waals surface area contributed by atoms with E-state index in [1.165, 1.54) is 0 Å². The van der Waals surface area contributed by atoms with Crippen LogP contribution in [0.5, 0.6) is 0 Å². The molecule has 0 bridgehead atoms. The Morgan fingerprint density at radius 2 is 1.94 bits per heavy atom. The van der Waals surface area contributed by atoms with Crippen LogP contribution in [0, 0.1) is 0 Å². The molecule has 0 saturated heterocycles. The van der Waals surface area contributed by atoms with Crippen LogP contribution in [0.25, 0.3) is 0 Å². The molecule has 0 radical (unpaired) electrons. The Labute approximate surface area is 101 Å². The molecule has 102 valence electrons. The first-order valence-electron chi connectivity index (χ1n) is 5.09. The van der Waals surface area contributed by atoms with Crippen LogP contribution < -0.4 is 5.32 Å². The molecule has 0 aliphatic heterocycles. The van der Waals surface area contributed by atoms with Gasteiger partial charge in [-0.3, -0.25) is 4.55 Å². The molecule has 17 heavy (non-hydrogen) atoms. The maximum absolute atomic E-state index is 11.3. The first-order valence-corrected chi connectivity index (χ1v) is 6.70. The van der Waals surface area contributed by atoms with Gasteiger partial charge in [0.05, 0.1) is 18.4 Å². The Bertz CT molecular complexity index is 345. The molecule has 0 rings (SSSR count). The Balaban J connectivity index is 4.18. The highest BCUT2D eigenvalue weighted by Gasteiger charge is 2.20. The van der Waals surface area contributed by atoms with Crippen LogP contribution in [0.3, 0.4) is 0 Å². The minimum Gasteiger partial charge on any atom is -0.444 e. The Hall–Kier alpha value is -0.860. The van der Waals surface area contributed by atoms with Gasteiger partial charge in [-0.1, -0.05) is 0 Å². The van der Waals surface area contributed by atoms with Crippen molar-refractivity contribution in [1.82, 2.24) is 5.32 Å². The molecule has 3 N–H and O–H groups in total. The van der Waals surface area contributed by atoms with Crippen molar-refractivity contribution in [3.63, 3.8) is 0 Å². The molecule has 0 aromatic carbocycles. The Morgan fingerprint density at radius 1 is 1.41 bits per heavy atom. The topological polar surface area (TPSA) is 113 Å². The van der Waals surface area contributed by atoms with Gasteiger partial charge in [0.2, 0.25) is 0 Å². The average molecular weight is 269 g/mol. The van der Waals surface area contributed by atoms with E-state index in [-0.39, 0.29) is 6.42 Å². The highest BCUT2D eigenvalue weighted by Crippen LogP contribution is 2.07. The quantitative estimate of drug-likeness (QED) is 0.612. The lowest BCUT2D eigenvalue weighted by molar-refractivity contribution is 0.0481. The predicted octanol–water partition coefficient (Wildman–Crippen LogP) is 0.150. The van der Waals surface area contributed by atoms with E-state index in [9.17, 15) is 13.2 Å². The summed E-state index contributed by atoms with van der Waals surface area (Å²) in [6, 6.07) is -0.772. The molecule has 1 atom stereocenters. The standard InChI is InChI=1S/C9H19NO6S/c1-9(2,3)16-8(12)10-7(6-11)4-5-17(13,14)15/h7,11H,4-6H2,1-3H3,(H,10,12)(H,13,14,15). The van der Waals surface area contributed by atoms with Crippen molar-refractivity contribution in [2.24, 2.45) is 0 Å². The number of amides is 1. The molecule has 0 aromatic rings. The van der Waals surface area contributed by atoms with Gasteiger partial charge in [0.1, 0.15) is 5.60 Å². The molecule has 7 nitrogen and oxygen atoms in total. The number of ether oxygens (including phenoxy) is 1. The summed E-state index contributed by atoms with van der Waals surface area (Å²) in [7, 11) is -4.10. The lowest BCUT2D eigenvalue weighted by Crippen LogP contribution is -2.41. The molecule has 0 fully saturated rings. The zero-order chi connectivity index (χ0) is 13.7. The van der Waals surface area contributed by atoms with E-state index in [0.29, 0.717) is 0 Å². The summed E-state index contributed by atoms with van der Waals surface area (Å²) < 4.78 is 34.5. The molecule has 0 aliphatic carbocycles. The van der Waals surface area contributed by atoms with Gasteiger partial charge in [-0.2, -0.15) is 8.42 Å². The minimum atomic E-state index is -4.10. The van der Waals surface area contributed by atoms with Crippen LogP contribution >= 0.6 is 0 Å². The highest BCUT2D eigenvalue weighted by molar-refractivity contribution is 7.85. The molecule has 1 amide bonds. The van der Waals surface area contributed by atoms with Crippen molar-refractivity contribution >= 4 is 16.2 Å². The first-order chi connectivity index (χ1) is 7.53. The van der Waals surface area contributed by atoms with Crippen molar-refractivity contribution in [3.8, 4) is 0 Å². The number of hydrogen-bond acceptors (Lipinski definition) is 5. The maximum atomic E-state index is 11.3. The van der Waals surface area contributed by atoms with E-state index in [2.05, 4.69) is 5.32 Å². The van der Waals surface area contributed by atoms with Crippen molar-refractivity contribution in [1.29, 1.82) is 0 Å². The largest absolute Gasteiger partial charge is 0.444 e. The number of aliphatic hydroxyl groups is 1. The van der Waals surface area contributed by atoms with Gasteiger partial charge >= 0.3 is 6.09 Å². The van der Waals surface area contributed by atoms with Crippen molar-refractivity contribution in [3.05, 3.63) is 0 Å². The van der Waals surface area contributed by atoms with Gasteiger partial charge in [-0.15, -0.1) is 0 Å². The summed E-state index contributed by atoms with van der Waals surface area (Å²) in [5, 5.41) is 11.2. The molecule has 0 aliphatic rings. The zero-order valence-corrected chi connectivity index (χ0v) is 11.0. The van der Waals surface area contributed by atoms with Gasteiger partial charge in [-0.25, -0.2) is 4.79 Å². The molecule has 0 saturated carbocycles. The number of nitrogens with one attached hydrogen (secondary N) is 1. The molecule has 1 unspecified atom stereocenters. The van der Waals surface area contributed by atoms with Crippen LogP contribution in [0.4, 0.5) is 4.79 Å². The zero-order valence-electron chi connectivity index (χ0n) is 10.1. The van der Waals surface area contributed by atoms with E-state index in [1.807, 2.05) is 0 Å². The number of carbonyl (C=O) groups is 1. The minimum absolute atomic E-state index is 0.0887. The van der Waals surface area contributed by atoms with Crippen LogP contribution in [0.15, 0.2) is 0 Å². The molecule has 8 heteroatoms. The van der Waals surface area contributed by atoms with Gasteiger partial charge in [0, 0.05) is 0 Å². The Morgan fingerprint density at radius 3 is 2.29 bits per heavy atom. The summed E-state index contributed by atoms with van der Waals surface area (Å²) in [4.78, 5) is 11.3. The molecular weight excluding hydrogens is 250 g/mol. The summed E-state index contributed by atoms with van der Waals surface area (Å²) in [6.07, 6.45) is -0.832. The van der Waals surface area contributed by atoms with Crippen LogP contribution in [-0.4, -0.2) is 48.2 Å². The molecule has 0 spiro atoms. The maximum Gasteiger partial charge on any atom is 0.407 e. The fraction of sp³-hybridized carbons (Fsp3) is 0.889. The number of rotatable bonds is 5. The second-order valence-corrected chi connectivity index (χ2v) is 6.17. The summed E-state index contributed by atoms with van der Waals surface area (Å²) >= 11 is 0. The van der Waals surface area contributed by atoms with E-state index in [4.69, 9.17) is 14.4 Å². The number of carbonyl (C=O) groups excluding carboxylic acids is 1. The summed E-state index contributed by atoms with van der Waals surface area (Å²) in [5.41, 5.74) is -0.673. The molecule has 0 aromatic heterocycles. The molecule has 0 heterocycles. The predicted molar refractivity (Wildman–Crippen MR) is 61.3 cm³/mol. The third-order valence-electron chi connectivity index (χ3n) is 1.67. The van der Waals surface area contributed by atoms with E-state index < -0.39 is 40.2 Å². The van der Waals surface area contributed by atoms with Crippen molar-refractivity contribution in [2.75, 3.05) is 12.4 Å². The highest BCUT2D eigenvalue weighted by atomic mass is 32.2. The van der Waals surface area contributed by atoms with Gasteiger partial charge in [-0.05, 0) is 27.2 Å². The number of aliphatic hydroxyl groups excluding tert-OH is 1. The monoisotopic (exact) mass is 269 g/mol. The van der Waals surface area contributed by atoms with Crippen LogP contribution in [0.1, 0.15) is 27.2 Å². The average Bonchev–Trinajstić information content (AvgIpc) is 2.07. The Kier molecular flexibility index (Phi) is 5.86. The van der Waals surface area contributed by atoms with Crippen molar-refractivity contribution < 1.29 is 27.6 Å². The van der Waals surface area contributed by atoms with E-state index >= 15 is 0 Å². The van der Waals surface area contributed by atoms with E-state index in [0.717, 1.165) is 0 Å². The van der Waals surface area contributed by atoms with Crippen molar-refractivity contribution in [2.45, 2.75) is 38.8 Å². The van der Waals surface area contributed by atoms with Crippen LogP contribution in [0.2, 0.25) is 0 Å². The third kappa shape index (κ3) is 10.0. The van der Waals surface area contributed by atoms with E-state index in [1.54, 1.807) is 20.8 Å². The van der Waals surface area contributed by atoms with Gasteiger partial charge in [0.15, 0.2) is 0 Å². The number of alkyl carbamates (subject to hydrolysis) is 1. The van der Waals surface area contributed by atoms with Crippen LogP contribution in [-0.2, 0) is 14.9 Å². The smallest absolute Gasteiger partial charge is 0.407 e. The second-order valence-electron chi connectivity index (χ2n) is 4.60. The number of hydrogen-bond donors (Lipinski definition) is 3. The van der Waals surface area contributed by atoms with Gasteiger partial charge in [0.25, 0.3) is 10.1 Å². The third-order valence-corrected chi connectivity index (χ3v) is 2.42. The normalized spacial score (nSPS) is 14.2. The lowest BCUT2D eigenvalue weighted by Gasteiger charge is -2.22. The fourth-order valence-electron chi connectivity index (χ4n) is 0.975. The second kappa shape index (κ2) is 6.18.